The highest BCUT2D eigenvalue weighted by Gasteiger charge is 2.23. The number of nitrogens with zero attached hydrogens (tertiary/aromatic N) is 2. The van der Waals surface area contributed by atoms with Crippen LogP contribution in [0.15, 0.2) is 29.3 Å². The lowest BCUT2D eigenvalue weighted by Crippen LogP contribution is -2.16. The van der Waals surface area contributed by atoms with E-state index in [9.17, 15) is 17.2 Å². The van der Waals surface area contributed by atoms with Crippen molar-refractivity contribution in [3.8, 4) is 11.8 Å². The third kappa shape index (κ3) is 3.88. The van der Waals surface area contributed by atoms with Crippen molar-refractivity contribution in [3.63, 3.8) is 0 Å². The van der Waals surface area contributed by atoms with Gasteiger partial charge in [-0.15, -0.1) is 0 Å². The smallest absolute Gasteiger partial charge is 0.388 e. The fourth-order valence-corrected chi connectivity index (χ4v) is 3.68. The number of rotatable bonds is 6. The van der Waals surface area contributed by atoms with Crippen molar-refractivity contribution in [2.45, 2.75) is 18.4 Å². The van der Waals surface area contributed by atoms with Gasteiger partial charge < -0.3 is 14.5 Å². The van der Waals surface area contributed by atoms with Gasteiger partial charge in [0.15, 0.2) is 0 Å². The number of aromatic amines is 1. The number of anilines is 1. The molecule has 2 aromatic heterocycles. The second-order valence-electron chi connectivity index (χ2n) is 5.31. The average molecular weight is 419 g/mol. The van der Waals surface area contributed by atoms with E-state index < -0.39 is 28.5 Å². The number of hydrogen-bond donors (Lipinski definition) is 2. The first kappa shape index (κ1) is 19.1. The number of sulfonamides is 1. The Kier molecular flexibility index (Phi) is 5.07. The number of benzene rings is 1. The predicted octanol–water partition coefficient (Wildman–Crippen LogP) is 3.33. The van der Waals surface area contributed by atoms with Crippen LogP contribution in [0.1, 0.15) is 5.56 Å². The van der Waals surface area contributed by atoms with E-state index in [1.807, 2.05) is 0 Å². The Bertz CT molecular complexity index is 1100. The van der Waals surface area contributed by atoms with Gasteiger partial charge in [0.2, 0.25) is 17.7 Å². The van der Waals surface area contributed by atoms with Crippen LogP contribution in [0.4, 0.5) is 14.7 Å². The second-order valence-corrected chi connectivity index (χ2v) is 7.40. The number of fused-ring (bicyclic) bond motifs is 1. The number of methoxy groups -OCH3 is 1. The van der Waals surface area contributed by atoms with Crippen molar-refractivity contribution in [1.82, 2.24) is 15.0 Å². The largest absolute Gasteiger partial charge is 0.481 e. The van der Waals surface area contributed by atoms with Gasteiger partial charge in [0, 0.05) is 22.1 Å². The summed E-state index contributed by atoms with van der Waals surface area (Å²) in [4.78, 5) is 10.3. The molecule has 0 aliphatic heterocycles. The summed E-state index contributed by atoms with van der Waals surface area (Å²) in [5, 5.41) is 0.816. The summed E-state index contributed by atoms with van der Waals surface area (Å²) >= 11 is 5.88. The van der Waals surface area contributed by atoms with E-state index in [1.54, 1.807) is 6.07 Å². The zero-order chi connectivity index (χ0) is 19.8. The minimum Gasteiger partial charge on any atom is -0.481 e. The van der Waals surface area contributed by atoms with Gasteiger partial charge in [-0.2, -0.15) is 18.7 Å². The van der Waals surface area contributed by atoms with Crippen molar-refractivity contribution in [2.75, 3.05) is 11.8 Å². The molecule has 1 aromatic carbocycles. The van der Waals surface area contributed by atoms with Crippen LogP contribution >= 0.6 is 11.6 Å². The SMILES string of the molecule is COc1nc(NS(=O)(=O)c2c[nH]c3cc(Cl)ccc23)nc(OC(F)F)c1C. The molecule has 0 radical (unpaired) electrons. The van der Waals surface area contributed by atoms with E-state index in [-0.39, 0.29) is 16.3 Å². The van der Waals surface area contributed by atoms with Crippen LogP contribution in [0.2, 0.25) is 5.02 Å². The Hall–Kier alpha value is -2.66. The maximum atomic E-state index is 12.7. The minimum absolute atomic E-state index is 0.0892. The van der Waals surface area contributed by atoms with Crippen molar-refractivity contribution in [1.29, 1.82) is 0 Å². The molecule has 2 heterocycles. The maximum Gasteiger partial charge on any atom is 0.388 e. The molecule has 0 atom stereocenters. The number of ether oxygens (including phenoxy) is 2. The lowest BCUT2D eigenvalue weighted by Gasteiger charge is -2.12. The summed E-state index contributed by atoms with van der Waals surface area (Å²) in [5.74, 6) is -1.08. The molecule has 0 fully saturated rings. The Morgan fingerprint density at radius 1 is 1.26 bits per heavy atom. The zero-order valence-electron chi connectivity index (χ0n) is 14.0. The molecule has 3 rings (SSSR count). The highest BCUT2D eigenvalue weighted by atomic mass is 35.5. The molecule has 27 heavy (non-hydrogen) atoms. The highest BCUT2D eigenvalue weighted by molar-refractivity contribution is 7.93. The number of aromatic nitrogens is 3. The van der Waals surface area contributed by atoms with E-state index in [2.05, 4.69) is 24.4 Å². The van der Waals surface area contributed by atoms with Crippen LogP contribution in [0.3, 0.4) is 0 Å². The van der Waals surface area contributed by atoms with Crippen LogP contribution in [0.5, 0.6) is 11.8 Å². The first-order valence-electron chi connectivity index (χ1n) is 7.38. The summed E-state index contributed by atoms with van der Waals surface area (Å²) < 4.78 is 61.9. The fourth-order valence-electron chi connectivity index (χ4n) is 2.39. The number of nitrogens with one attached hydrogen (secondary N) is 2. The van der Waals surface area contributed by atoms with Gasteiger partial charge in [-0.25, -0.2) is 13.1 Å². The molecule has 12 heteroatoms. The van der Waals surface area contributed by atoms with Crippen LogP contribution in [0, 0.1) is 6.92 Å². The third-order valence-electron chi connectivity index (χ3n) is 3.57. The summed E-state index contributed by atoms with van der Waals surface area (Å²) in [6.07, 6.45) is 1.27. The molecule has 0 unspecified atom stereocenters. The van der Waals surface area contributed by atoms with Gasteiger partial charge in [-0.1, -0.05) is 11.6 Å². The second kappa shape index (κ2) is 7.16. The lowest BCUT2D eigenvalue weighted by molar-refractivity contribution is -0.0534. The molecule has 0 aliphatic rings. The molecular formula is C15H13ClF2N4O4S. The van der Waals surface area contributed by atoms with Crippen molar-refractivity contribution in [2.24, 2.45) is 0 Å². The summed E-state index contributed by atoms with van der Waals surface area (Å²) in [6.45, 7) is -1.75. The summed E-state index contributed by atoms with van der Waals surface area (Å²) in [5.41, 5.74) is 0.606. The summed E-state index contributed by atoms with van der Waals surface area (Å²) in [6, 6.07) is 4.64. The fraction of sp³-hybridized carbons (Fsp3) is 0.200. The molecule has 2 N–H and O–H groups in total. The number of alkyl halides is 2. The summed E-state index contributed by atoms with van der Waals surface area (Å²) in [7, 11) is -2.89. The Morgan fingerprint density at radius 3 is 2.63 bits per heavy atom. The van der Waals surface area contributed by atoms with Crippen LogP contribution < -0.4 is 14.2 Å². The monoisotopic (exact) mass is 418 g/mol. The van der Waals surface area contributed by atoms with E-state index in [1.165, 1.54) is 32.4 Å². The van der Waals surface area contributed by atoms with E-state index >= 15 is 0 Å². The van der Waals surface area contributed by atoms with Gasteiger partial charge in [0.1, 0.15) is 4.90 Å². The van der Waals surface area contributed by atoms with Gasteiger partial charge in [-0.3, -0.25) is 0 Å². The molecule has 0 saturated carbocycles. The Morgan fingerprint density at radius 2 is 1.96 bits per heavy atom. The molecule has 0 spiro atoms. The normalized spacial score (nSPS) is 11.8. The lowest BCUT2D eigenvalue weighted by atomic mass is 10.2. The Labute approximate surface area is 157 Å². The standard InChI is InChI=1S/C15H13ClF2N4O4S/c1-7-12(25-2)20-15(21-13(7)26-14(17)18)22-27(23,24)11-6-19-10-5-8(16)3-4-9(10)11/h3-6,14,19H,1-2H3,(H,20,21,22). The quantitative estimate of drug-likeness (QED) is 0.636. The average Bonchev–Trinajstić information content (AvgIpc) is 3.00. The minimum atomic E-state index is -4.14. The first-order chi connectivity index (χ1) is 12.7. The number of H-pyrrole nitrogens is 1. The van der Waals surface area contributed by atoms with Gasteiger partial charge >= 0.3 is 6.61 Å². The van der Waals surface area contributed by atoms with Gasteiger partial charge in [-0.05, 0) is 25.1 Å². The third-order valence-corrected chi connectivity index (χ3v) is 5.17. The molecule has 0 aliphatic carbocycles. The molecule has 0 saturated heterocycles. The number of halogens is 3. The van der Waals surface area contributed by atoms with Crippen LogP contribution in [-0.2, 0) is 10.0 Å². The highest BCUT2D eigenvalue weighted by Crippen LogP contribution is 2.29. The molecule has 0 amide bonds. The molecule has 0 bridgehead atoms. The van der Waals surface area contributed by atoms with Crippen molar-refractivity contribution >= 4 is 38.5 Å². The predicted molar refractivity (Wildman–Crippen MR) is 94.1 cm³/mol. The van der Waals surface area contributed by atoms with Crippen molar-refractivity contribution in [3.05, 3.63) is 35.0 Å². The van der Waals surface area contributed by atoms with Crippen LogP contribution in [0.25, 0.3) is 10.9 Å². The number of hydrogen-bond acceptors (Lipinski definition) is 6. The molecule has 144 valence electrons. The topological polar surface area (TPSA) is 106 Å². The first-order valence-corrected chi connectivity index (χ1v) is 9.24. The zero-order valence-corrected chi connectivity index (χ0v) is 15.5. The molecule has 3 aromatic rings. The van der Waals surface area contributed by atoms with Crippen LogP contribution in [-0.4, -0.2) is 37.1 Å². The van der Waals surface area contributed by atoms with E-state index in [0.29, 0.717) is 15.9 Å². The molecule has 8 nitrogen and oxygen atoms in total. The maximum absolute atomic E-state index is 12.7. The van der Waals surface area contributed by atoms with Gasteiger partial charge in [0.05, 0.1) is 12.7 Å². The van der Waals surface area contributed by atoms with E-state index in [0.717, 1.165) is 0 Å². The Balaban J connectivity index is 2.02. The van der Waals surface area contributed by atoms with E-state index in [4.69, 9.17) is 16.3 Å². The molecular weight excluding hydrogens is 406 g/mol. The van der Waals surface area contributed by atoms with Crippen molar-refractivity contribution < 1.29 is 26.7 Å². The van der Waals surface area contributed by atoms with Gasteiger partial charge in [0.25, 0.3) is 10.0 Å².